The molecule has 0 amide bonds. The van der Waals surface area contributed by atoms with Gasteiger partial charge in [-0.2, -0.15) is 0 Å². The van der Waals surface area contributed by atoms with E-state index in [4.69, 9.17) is 0 Å². The van der Waals surface area contributed by atoms with Gasteiger partial charge < -0.3 is 9.67 Å². The van der Waals surface area contributed by atoms with Crippen LogP contribution in [0.1, 0.15) is 40.5 Å². The van der Waals surface area contributed by atoms with Crippen molar-refractivity contribution in [3.05, 3.63) is 46.6 Å². The van der Waals surface area contributed by atoms with Crippen LogP contribution in [0.5, 0.6) is 0 Å². The van der Waals surface area contributed by atoms with Gasteiger partial charge in [-0.3, -0.25) is 0 Å². The smallest absolute Gasteiger partial charge is 0.337 e. The van der Waals surface area contributed by atoms with Crippen molar-refractivity contribution in [1.29, 1.82) is 0 Å². The monoisotopic (exact) mass is 269 g/mol. The standard InChI is InChI=1S/C17H19NO2/c1-3-18-11(2)15(17(19)20)10-16(18)14-8-7-12-5-4-6-13(12)9-14/h7-10H,3-6H2,1-2H3,(H,19,20). The summed E-state index contributed by atoms with van der Waals surface area (Å²) in [6, 6.07) is 8.35. The van der Waals surface area contributed by atoms with E-state index in [1.165, 1.54) is 24.0 Å². The van der Waals surface area contributed by atoms with Crippen LogP contribution in [0, 0.1) is 6.92 Å². The molecule has 0 unspecified atom stereocenters. The molecule has 0 atom stereocenters. The molecule has 0 radical (unpaired) electrons. The predicted molar refractivity (Wildman–Crippen MR) is 79.3 cm³/mol. The molecule has 2 aromatic rings. The maximum Gasteiger partial charge on any atom is 0.337 e. The lowest BCUT2D eigenvalue weighted by Crippen LogP contribution is -2.02. The highest BCUT2D eigenvalue weighted by atomic mass is 16.4. The second kappa shape index (κ2) is 4.82. The van der Waals surface area contributed by atoms with Crippen LogP contribution in [0.25, 0.3) is 11.3 Å². The Morgan fingerprint density at radius 2 is 2.00 bits per heavy atom. The Hall–Kier alpha value is -2.03. The predicted octanol–water partition coefficient (Wildman–Crippen LogP) is 3.67. The zero-order chi connectivity index (χ0) is 14.3. The number of aryl methyl sites for hydroxylation is 2. The van der Waals surface area contributed by atoms with E-state index in [1.54, 1.807) is 6.07 Å². The van der Waals surface area contributed by atoms with Gasteiger partial charge in [0.25, 0.3) is 0 Å². The van der Waals surface area contributed by atoms with Crippen LogP contribution in [-0.4, -0.2) is 15.6 Å². The van der Waals surface area contributed by atoms with Gasteiger partial charge in [0.1, 0.15) is 0 Å². The molecular weight excluding hydrogens is 250 g/mol. The minimum atomic E-state index is -0.850. The summed E-state index contributed by atoms with van der Waals surface area (Å²) in [5.74, 6) is -0.850. The first kappa shape index (κ1) is 13.0. The van der Waals surface area contributed by atoms with E-state index in [2.05, 4.69) is 29.7 Å². The number of carboxylic acid groups (broad SMARTS) is 1. The molecule has 3 nitrogen and oxygen atoms in total. The first-order chi connectivity index (χ1) is 9.61. The van der Waals surface area contributed by atoms with Crippen molar-refractivity contribution in [2.75, 3.05) is 0 Å². The van der Waals surface area contributed by atoms with Crippen LogP contribution in [0.4, 0.5) is 0 Å². The van der Waals surface area contributed by atoms with Crippen molar-refractivity contribution >= 4 is 5.97 Å². The van der Waals surface area contributed by atoms with E-state index >= 15 is 0 Å². The molecule has 0 spiro atoms. The first-order valence-corrected chi connectivity index (χ1v) is 7.17. The number of hydrogen-bond donors (Lipinski definition) is 1. The Kier molecular flexibility index (Phi) is 3.13. The quantitative estimate of drug-likeness (QED) is 0.923. The van der Waals surface area contributed by atoms with Crippen molar-refractivity contribution in [2.45, 2.75) is 39.7 Å². The van der Waals surface area contributed by atoms with E-state index in [0.29, 0.717) is 5.56 Å². The van der Waals surface area contributed by atoms with E-state index in [0.717, 1.165) is 29.9 Å². The summed E-state index contributed by atoms with van der Waals surface area (Å²) in [5, 5.41) is 9.29. The summed E-state index contributed by atoms with van der Waals surface area (Å²) in [6.07, 6.45) is 3.54. The summed E-state index contributed by atoms with van der Waals surface area (Å²) in [7, 11) is 0. The van der Waals surface area contributed by atoms with E-state index in [1.807, 2.05) is 6.92 Å². The van der Waals surface area contributed by atoms with Crippen LogP contribution in [0.3, 0.4) is 0 Å². The van der Waals surface area contributed by atoms with Gasteiger partial charge in [0.05, 0.1) is 5.56 Å². The topological polar surface area (TPSA) is 42.2 Å². The van der Waals surface area contributed by atoms with Gasteiger partial charge in [-0.05, 0) is 61.9 Å². The molecule has 3 rings (SSSR count). The highest BCUT2D eigenvalue weighted by molar-refractivity contribution is 5.91. The fraction of sp³-hybridized carbons (Fsp3) is 0.353. The molecule has 1 N–H and O–H groups in total. The summed E-state index contributed by atoms with van der Waals surface area (Å²) in [6.45, 7) is 4.71. The van der Waals surface area contributed by atoms with Crippen LogP contribution in [0.15, 0.2) is 24.3 Å². The number of aromatic carboxylic acids is 1. The lowest BCUT2D eigenvalue weighted by Gasteiger charge is -2.10. The Balaban J connectivity index is 2.14. The van der Waals surface area contributed by atoms with Crippen molar-refractivity contribution in [1.82, 2.24) is 4.57 Å². The summed E-state index contributed by atoms with van der Waals surface area (Å²) < 4.78 is 2.08. The Bertz CT molecular complexity index is 683. The van der Waals surface area contributed by atoms with Gasteiger partial charge in [0.2, 0.25) is 0 Å². The zero-order valence-corrected chi connectivity index (χ0v) is 11.9. The number of fused-ring (bicyclic) bond motifs is 1. The van der Waals surface area contributed by atoms with Crippen molar-refractivity contribution < 1.29 is 9.90 Å². The van der Waals surface area contributed by atoms with Crippen LogP contribution in [-0.2, 0) is 19.4 Å². The Morgan fingerprint density at radius 1 is 1.25 bits per heavy atom. The fourth-order valence-electron chi connectivity index (χ4n) is 3.24. The van der Waals surface area contributed by atoms with Gasteiger partial charge in [-0.1, -0.05) is 12.1 Å². The molecule has 0 saturated carbocycles. The van der Waals surface area contributed by atoms with Gasteiger partial charge in [-0.15, -0.1) is 0 Å². The van der Waals surface area contributed by atoms with Crippen molar-refractivity contribution in [3.63, 3.8) is 0 Å². The molecule has 0 fully saturated rings. The van der Waals surface area contributed by atoms with Gasteiger partial charge >= 0.3 is 5.97 Å². The fourth-order valence-corrected chi connectivity index (χ4v) is 3.24. The lowest BCUT2D eigenvalue weighted by molar-refractivity contribution is 0.0696. The maximum absolute atomic E-state index is 11.3. The van der Waals surface area contributed by atoms with Crippen LogP contribution in [0.2, 0.25) is 0 Å². The van der Waals surface area contributed by atoms with Crippen molar-refractivity contribution in [2.24, 2.45) is 0 Å². The summed E-state index contributed by atoms with van der Waals surface area (Å²) in [5.41, 5.74) is 6.23. The third-order valence-corrected chi connectivity index (χ3v) is 4.31. The highest BCUT2D eigenvalue weighted by Gasteiger charge is 2.18. The molecular formula is C17H19NO2. The maximum atomic E-state index is 11.3. The lowest BCUT2D eigenvalue weighted by atomic mass is 10.0. The molecule has 1 aliphatic carbocycles. The Morgan fingerprint density at radius 3 is 2.70 bits per heavy atom. The Labute approximate surface area is 118 Å². The first-order valence-electron chi connectivity index (χ1n) is 7.17. The molecule has 3 heteroatoms. The van der Waals surface area contributed by atoms with E-state index in [9.17, 15) is 9.90 Å². The molecule has 0 saturated heterocycles. The second-order valence-electron chi connectivity index (χ2n) is 5.42. The summed E-state index contributed by atoms with van der Waals surface area (Å²) in [4.78, 5) is 11.3. The van der Waals surface area contributed by atoms with Crippen molar-refractivity contribution in [3.8, 4) is 11.3 Å². The minimum absolute atomic E-state index is 0.405. The number of hydrogen-bond acceptors (Lipinski definition) is 1. The molecule has 104 valence electrons. The molecule has 1 aromatic heterocycles. The zero-order valence-electron chi connectivity index (χ0n) is 11.9. The van der Waals surface area contributed by atoms with Gasteiger partial charge in [0, 0.05) is 17.9 Å². The average Bonchev–Trinajstić information content (AvgIpc) is 3.01. The van der Waals surface area contributed by atoms with Crippen LogP contribution >= 0.6 is 0 Å². The molecule has 1 aliphatic rings. The number of benzene rings is 1. The number of carbonyl (C=O) groups is 1. The number of carboxylic acids is 1. The average molecular weight is 269 g/mol. The number of nitrogens with zero attached hydrogens (tertiary/aromatic N) is 1. The number of aromatic nitrogens is 1. The third kappa shape index (κ3) is 1.94. The third-order valence-electron chi connectivity index (χ3n) is 4.31. The molecule has 0 aliphatic heterocycles. The summed E-state index contributed by atoms with van der Waals surface area (Å²) >= 11 is 0. The molecule has 1 heterocycles. The van der Waals surface area contributed by atoms with E-state index < -0.39 is 5.97 Å². The normalized spacial score (nSPS) is 13.5. The highest BCUT2D eigenvalue weighted by Crippen LogP contribution is 2.30. The van der Waals surface area contributed by atoms with Crippen LogP contribution < -0.4 is 0 Å². The van der Waals surface area contributed by atoms with Gasteiger partial charge in [0.15, 0.2) is 0 Å². The SMILES string of the molecule is CCn1c(-c2ccc3c(c2)CCC3)cc(C(=O)O)c1C. The minimum Gasteiger partial charge on any atom is -0.478 e. The molecule has 1 aromatic carbocycles. The van der Waals surface area contributed by atoms with E-state index in [-0.39, 0.29) is 0 Å². The largest absolute Gasteiger partial charge is 0.478 e. The van der Waals surface area contributed by atoms with Gasteiger partial charge in [-0.25, -0.2) is 4.79 Å². The molecule has 0 bridgehead atoms. The number of rotatable bonds is 3. The second-order valence-corrected chi connectivity index (χ2v) is 5.42. The molecule has 20 heavy (non-hydrogen) atoms.